The van der Waals surface area contributed by atoms with Crippen molar-refractivity contribution in [3.63, 3.8) is 0 Å². The second-order valence-electron chi connectivity index (χ2n) is 9.12. The highest BCUT2D eigenvalue weighted by molar-refractivity contribution is 5.94. The molecule has 0 radical (unpaired) electrons. The number of aliphatic hydroxyl groups excluding tert-OH is 1. The number of alkyl halides is 3. The average Bonchev–Trinajstić information content (AvgIpc) is 3.40. The van der Waals surface area contributed by atoms with Crippen molar-refractivity contribution in [1.82, 2.24) is 9.80 Å². The molecular weight excluding hydrogens is 416 g/mol. The molecule has 4 rings (SSSR count). The predicted octanol–water partition coefficient (Wildman–Crippen LogP) is 3.09. The minimum absolute atomic E-state index is 0.0510. The summed E-state index contributed by atoms with van der Waals surface area (Å²) in [6, 6.07) is 5.88. The summed E-state index contributed by atoms with van der Waals surface area (Å²) in [6.07, 6.45) is -2.24. The van der Waals surface area contributed by atoms with E-state index in [9.17, 15) is 27.2 Å². The lowest BCUT2D eigenvalue weighted by Gasteiger charge is -2.39. The summed E-state index contributed by atoms with van der Waals surface area (Å²) in [5.74, 6) is -4.50. The topological polar surface area (TPSA) is 60.9 Å². The minimum atomic E-state index is -4.50. The number of piperidine rings is 1. The lowest BCUT2D eigenvalue weighted by atomic mass is 9.77. The number of carbonyl (C=O) groups is 2. The van der Waals surface area contributed by atoms with E-state index in [-0.39, 0.29) is 29.2 Å². The van der Waals surface area contributed by atoms with E-state index in [4.69, 9.17) is 5.11 Å². The average molecular weight is 442 g/mol. The Balaban J connectivity index is 1.32. The Labute approximate surface area is 178 Å². The molecule has 3 aliphatic rings. The summed E-state index contributed by atoms with van der Waals surface area (Å²) >= 11 is 0. The summed E-state index contributed by atoms with van der Waals surface area (Å²) in [4.78, 5) is 28.7. The molecule has 0 aromatic heterocycles. The minimum Gasteiger partial charge on any atom is -0.396 e. The van der Waals surface area contributed by atoms with Crippen molar-refractivity contribution >= 4 is 11.8 Å². The van der Waals surface area contributed by atoms with Gasteiger partial charge in [0.25, 0.3) is 5.91 Å². The van der Waals surface area contributed by atoms with Gasteiger partial charge in [-0.2, -0.15) is 13.2 Å². The Hall–Kier alpha value is -2.16. The van der Waals surface area contributed by atoms with Gasteiger partial charge in [-0.25, -0.2) is 4.39 Å². The van der Waals surface area contributed by atoms with Crippen LogP contribution in [0.25, 0.3) is 0 Å². The van der Waals surface area contributed by atoms with Gasteiger partial charge in [0.05, 0.1) is 18.1 Å². The molecule has 3 fully saturated rings. The second kappa shape index (κ2) is 8.07. The molecule has 1 aromatic rings. The maximum absolute atomic E-state index is 14.0. The molecule has 1 aromatic carbocycles. The Morgan fingerprint density at radius 3 is 2.29 bits per heavy atom. The highest BCUT2D eigenvalue weighted by Crippen LogP contribution is 2.51. The van der Waals surface area contributed by atoms with Crippen molar-refractivity contribution in [2.24, 2.45) is 23.2 Å². The van der Waals surface area contributed by atoms with E-state index >= 15 is 0 Å². The third-order valence-electron chi connectivity index (χ3n) is 7.26. The maximum Gasteiger partial charge on any atom is 0.394 e. The van der Waals surface area contributed by atoms with Crippen molar-refractivity contribution in [2.45, 2.75) is 31.9 Å². The molecule has 31 heavy (non-hydrogen) atoms. The molecule has 2 aliphatic heterocycles. The zero-order valence-electron chi connectivity index (χ0n) is 17.1. The number of carbonyl (C=O) groups excluding carboxylic acids is 2. The van der Waals surface area contributed by atoms with Crippen LogP contribution in [0.3, 0.4) is 0 Å². The maximum atomic E-state index is 14.0. The van der Waals surface area contributed by atoms with Crippen LogP contribution in [0.5, 0.6) is 0 Å². The third kappa shape index (κ3) is 4.29. The highest BCUT2D eigenvalue weighted by Gasteiger charge is 2.57. The highest BCUT2D eigenvalue weighted by atomic mass is 19.4. The van der Waals surface area contributed by atoms with E-state index in [2.05, 4.69) is 0 Å². The summed E-state index contributed by atoms with van der Waals surface area (Å²) < 4.78 is 53.0. The van der Waals surface area contributed by atoms with Crippen LogP contribution < -0.4 is 0 Å². The number of hydrogen-bond donors (Lipinski definition) is 1. The summed E-state index contributed by atoms with van der Waals surface area (Å²) in [7, 11) is 0. The summed E-state index contributed by atoms with van der Waals surface area (Å²) in [5.41, 5.74) is -0.0877. The van der Waals surface area contributed by atoms with Gasteiger partial charge in [-0.05, 0) is 49.1 Å². The van der Waals surface area contributed by atoms with Crippen LogP contribution in [-0.2, 0) is 4.79 Å². The molecule has 1 saturated carbocycles. The quantitative estimate of drug-likeness (QED) is 0.730. The van der Waals surface area contributed by atoms with E-state index in [0.717, 1.165) is 6.42 Å². The number of aliphatic hydroxyl groups is 1. The molecule has 9 heteroatoms. The fraction of sp³-hybridized carbons (Fsp3) is 0.636. The second-order valence-corrected chi connectivity index (χ2v) is 9.12. The van der Waals surface area contributed by atoms with Crippen LogP contribution in [0.4, 0.5) is 17.6 Å². The van der Waals surface area contributed by atoms with Crippen LogP contribution >= 0.6 is 0 Å². The number of rotatable bonds is 4. The molecule has 170 valence electrons. The SMILES string of the molecule is O=C(c1ccccc1F)N1CCC2(CCN(C(=O)C3CC3[C@H](CO)C(F)(F)F)CC2)C1. The number of hydrogen-bond acceptors (Lipinski definition) is 3. The Kier molecular flexibility index (Phi) is 5.74. The van der Waals surface area contributed by atoms with Gasteiger partial charge >= 0.3 is 6.18 Å². The van der Waals surface area contributed by atoms with Gasteiger partial charge in [0.1, 0.15) is 5.82 Å². The first-order valence-electron chi connectivity index (χ1n) is 10.7. The van der Waals surface area contributed by atoms with Crippen molar-refractivity contribution in [2.75, 3.05) is 32.8 Å². The molecule has 0 bridgehead atoms. The fourth-order valence-electron chi connectivity index (χ4n) is 5.18. The van der Waals surface area contributed by atoms with Crippen molar-refractivity contribution in [1.29, 1.82) is 0 Å². The third-order valence-corrected chi connectivity index (χ3v) is 7.26. The van der Waals surface area contributed by atoms with E-state index < -0.39 is 36.4 Å². The first kappa shape index (κ1) is 22.0. The van der Waals surface area contributed by atoms with Crippen LogP contribution in [-0.4, -0.2) is 65.7 Å². The van der Waals surface area contributed by atoms with Crippen LogP contribution in [0.15, 0.2) is 24.3 Å². The lowest BCUT2D eigenvalue weighted by molar-refractivity contribution is -0.191. The van der Waals surface area contributed by atoms with Gasteiger partial charge in [-0.3, -0.25) is 9.59 Å². The molecule has 2 heterocycles. The number of halogens is 4. The van der Waals surface area contributed by atoms with Crippen LogP contribution in [0.2, 0.25) is 0 Å². The van der Waals surface area contributed by atoms with Crippen molar-refractivity contribution in [3.8, 4) is 0 Å². The van der Waals surface area contributed by atoms with Gasteiger partial charge in [0, 0.05) is 32.1 Å². The zero-order chi connectivity index (χ0) is 22.4. The van der Waals surface area contributed by atoms with E-state index in [1.54, 1.807) is 15.9 Å². The van der Waals surface area contributed by atoms with Gasteiger partial charge in [0.2, 0.25) is 5.91 Å². The van der Waals surface area contributed by atoms with Crippen molar-refractivity contribution < 1.29 is 32.3 Å². The molecular formula is C22H26F4N2O3. The van der Waals surface area contributed by atoms with Gasteiger partial charge < -0.3 is 14.9 Å². The van der Waals surface area contributed by atoms with E-state index in [1.165, 1.54) is 18.2 Å². The Morgan fingerprint density at radius 1 is 1.10 bits per heavy atom. The van der Waals surface area contributed by atoms with Gasteiger partial charge in [-0.1, -0.05) is 12.1 Å². The monoisotopic (exact) mass is 442 g/mol. The van der Waals surface area contributed by atoms with Gasteiger partial charge in [-0.15, -0.1) is 0 Å². The molecule has 5 nitrogen and oxygen atoms in total. The molecule has 1 N–H and O–H groups in total. The van der Waals surface area contributed by atoms with E-state index in [1.807, 2.05) is 0 Å². The molecule has 2 amide bonds. The van der Waals surface area contributed by atoms with Crippen molar-refractivity contribution in [3.05, 3.63) is 35.6 Å². The molecule has 3 atom stereocenters. The Morgan fingerprint density at radius 2 is 1.71 bits per heavy atom. The van der Waals surface area contributed by atoms with E-state index in [0.29, 0.717) is 39.0 Å². The number of benzene rings is 1. The van der Waals surface area contributed by atoms with Crippen LogP contribution in [0, 0.1) is 29.0 Å². The standard InChI is InChI=1S/C22H26F4N2O3/c23-18-4-2-1-3-14(18)19(30)28-10-7-21(13-28)5-8-27(9-6-21)20(31)16-11-15(16)17(12-29)22(24,25)26/h1-4,15-17,29H,5-13H2/t15?,16?,17-/m0/s1. The fourth-order valence-corrected chi connectivity index (χ4v) is 5.18. The summed E-state index contributed by atoms with van der Waals surface area (Å²) in [5, 5.41) is 9.09. The normalized spacial score (nSPS) is 26.2. The molecule has 2 unspecified atom stereocenters. The number of nitrogens with zero attached hydrogens (tertiary/aromatic N) is 2. The molecule has 1 aliphatic carbocycles. The zero-order valence-corrected chi connectivity index (χ0v) is 17.1. The number of amides is 2. The first-order valence-corrected chi connectivity index (χ1v) is 10.7. The largest absolute Gasteiger partial charge is 0.396 e. The predicted molar refractivity (Wildman–Crippen MR) is 103 cm³/mol. The lowest BCUT2D eigenvalue weighted by Crippen LogP contribution is -2.45. The molecule has 1 spiro atoms. The first-order chi connectivity index (χ1) is 14.6. The van der Waals surface area contributed by atoms with Gasteiger partial charge in [0.15, 0.2) is 0 Å². The summed E-state index contributed by atoms with van der Waals surface area (Å²) in [6.45, 7) is 0.913. The van der Waals surface area contributed by atoms with Crippen LogP contribution in [0.1, 0.15) is 36.0 Å². The molecule has 2 saturated heterocycles. The smallest absolute Gasteiger partial charge is 0.394 e. The Bertz CT molecular complexity index is 851. The number of likely N-dealkylation sites (tertiary alicyclic amines) is 2.